The van der Waals surface area contributed by atoms with Gasteiger partial charge in [-0.15, -0.1) is 0 Å². The van der Waals surface area contributed by atoms with Crippen molar-refractivity contribution in [3.8, 4) is 11.4 Å². The second-order valence-corrected chi connectivity index (χ2v) is 5.19. The number of pyridine rings is 2. The summed E-state index contributed by atoms with van der Waals surface area (Å²) in [7, 11) is 0. The van der Waals surface area contributed by atoms with E-state index in [0.717, 1.165) is 22.5 Å². The molecule has 0 unspecified atom stereocenters. The van der Waals surface area contributed by atoms with Crippen molar-refractivity contribution in [2.45, 2.75) is 6.92 Å². The molecule has 4 aromatic rings. The molecule has 2 heterocycles. The Kier molecular flexibility index (Phi) is 2.68. The third-order valence-electron chi connectivity index (χ3n) is 3.85. The highest BCUT2D eigenvalue weighted by atomic mass is 14.8. The second-order valence-electron chi connectivity index (χ2n) is 5.19. The third kappa shape index (κ3) is 1.96. The van der Waals surface area contributed by atoms with Crippen molar-refractivity contribution in [2.75, 3.05) is 0 Å². The van der Waals surface area contributed by atoms with Crippen molar-refractivity contribution in [3.05, 3.63) is 72.6 Å². The molecule has 2 nitrogen and oxygen atoms in total. The van der Waals surface area contributed by atoms with Crippen LogP contribution in [0.2, 0.25) is 0 Å². The molecular weight excluding hydrogens is 256 g/mol. The van der Waals surface area contributed by atoms with Crippen LogP contribution in [0.15, 0.2) is 66.9 Å². The molecule has 0 saturated carbocycles. The van der Waals surface area contributed by atoms with Crippen LogP contribution in [0.25, 0.3) is 32.9 Å². The lowest BCUT2D eigenvalue weighted by Gasteiger charge is -2.08. The number of fused-ring (bicyclic) bond motifs is 2. The molecule has 0 fully saturated rings. The van der Waals surface area contributed by atoms with E-state index in [1.165, 1.54) is 16.2 Å². The van der Waals surface area contributed by atoms with Crippen LogP contribution < -0.4 is 0 Å². The molecule has 2 heteroatoms. The van der Waals surface area contributed by atoms with Crippen LogP contribution in [0.5, 0.6) is 0 Å². The van der Waals surface area contributed by atoms with Crippen LogP contribution in [0.3, 0.4) is 0 Å². The maximum atomic E-state index is 4.76. The average Bonchev–Trinajstić information content (AvgIpc) is 2.54. The first kappa shape index (κ1) is 12.0. The van der Waals surface area contributed by atoms with Gasteiger partial charge in [0.2, 0.25) is 0 Å². The summed E-state index contributed by atoms with van der Waals surface area (Å²) in [6.45, 7) is 2.05. The minimum Gasteiger partial charge on any atom is -0.254 e. The number of nitrogens with zero attached hydrogens (tertiary/aromatic N) is 2. The van der Waals surface area contributed by atoms with Gasteiger partial charge >= 0.3 is 0 Å². The van der Waals surface area contributed by atoms with Gasteiger partial charge in [0, 0.05) is 22.7 Å². The summed E-state index contributed by atoms with van der Waals surface area (Å²) in [6.07, 6.45) is 1.85. The van der Waals surface area contributed by atoms with Crippen molar-refractivity contribution in [1.29, 1.82) is 0 Å². The predicted octanol–water partition coefficient (Wildman–Crippen LogP) is 4.76. The van der Waals surface area contributed by atoms with Gasteiger partial charge in [-0.3, -0.25) is 9.97 Å². The molecule has 0 N–H and O–H groups in total. The Morgan fingerprint density at radius 3 is 2.33 bits per heavy atom. The number of hydrogen-bond donors (Lipinski definition) is 0. The van der Waals surface area contributed by atoms with Crippen LogP contribution in [-0.4, -0.2) is 9.97 Å². The topological polar surface area (TPSA) is 25.8 Å². The minimum absolute atomic E-state index is 0.933. The number of aromatic nitrogens is 2. The molecule has 0 bridgehead atoms. The number of benzene rings is 2. The summed E-state index contributed by atoms with van der Waals surface area (Å²) in [5.74, 6) is 0. The quantitative estimate of drug-likeness (QED) is 0.498. The molecule has 0 spiro atoms. The summed E-state index contributed by atoms with van der Waals surface area (Å²) in [6, 6.07) is 20.8. The first-order valence-corrected chi connectivity index (χ1v) is 7.03. The van der Waals surface area contributed by atoms with Crippen molar-refractivity contribution >= 4 is 21.5 Å². The Labute approximate surface area is 123 Å². The summed E-state index contributed by atoms with van der Waals surface area (Å²) in [5.41, 5.74) is 2.92. The van der Waals surface area contributed by atoms with Crippen molar-refractivity contribution in [2.24, 2.45) is 0 Å². The monoisotopic (exact) mass is 270 g/mol. The van der Waals surface area contributed by atoms with Crippen molar-refractivity contribution in [3.63, 3.8) is 0 Å². The van der Waals surface area contributed by atoms with E-state index in [9.17, 15) is 0 Å². The summed E-state index contributed by atoms with van der Waals surface area (Å²) < 4.78 is 0. The van der Waals surface area contributed by atoms with Gasteiger partial charge in [-0.05, 0) is 29.8 Å². The zero-order valence-corrected chi connectivity index (χ0v) is 11.7. The third-order valence-corrected chi connectivity index (χ3v) is 3.85. The minimum atomic E-state index is 0.933. The standard InChI is InChI=1S/C19H14N2/c1-13-16-8-4-3-7-15(16)12-18(21-13)19-17-9-5-2-6-14(17)10-11-20-19/h2-12H,1H3. The lowest BCUT2D eigenvalue weighted by atomic mass is 10.0. The molecule has 0 aliphatic rings. The first-order chi connectivity index (χ1) is 10.3. The molecule has 0 saturated heterocycles. The fraction of sp³-hybridized carbons (Fsp3) is 0.0526. The lowest BCUT2D eigenvalue weighted by Crippen LogP contribution is -1.92. The fourth-order valence-corrected chi connectivity index (χ4v) is 2.82. The van der Waals surface area contributed by atoms with E-state index in [4.69, 9.17) is 4.98 Å². The highest BCUT2D eigenvalue weighted by Crippen LogP contribution is 2.28. The summed E-state index contributed by atoms with van der Waals surface area (Å²) in [5, 5.41) is 4.73. The van der Waals surface area contributed by atoms with E-state index in [2.05, 4.69) is 48.3 Å². The van der Waals surface area contributed by atoms with E-state index >= 15 is 0 Å². The molecule has 21 heavy (non-hydrogen) atoms. The van der Waals surface area contributed by atoms with Crippen LogP contribution in [0.4, 0.5) is 0 Å². The molecule has 0 aliphatic heterocycles. The Morgan fingerprint density at radius 2 is 1.48 bits per heavy atom. The largest absolute Gasteiger partial charge is 0.254 e. The Balaban J connectivity index is 2.05. The van der Waals surface area contributed by atoms with E-state index in [-0.39, 0.29) is 0 Å². The first-order valence-electron chi connectivity index (χ1n) is 7.03. The molecule has 4 rings (SSSR count). The second kappa shape index (κ2) is 4.67. The molecule has 0 aliphatic carbocycles. The van der Waals surface area contributed by atoms with Crippen LogP contribution >= 0.6 is 0 Å². The normalized spacial score (nSPS) is 11.1. The van der Waals surface area contributed by atoms with Crippen molar-refractivity contribution in [1.82, 2.24) is 9.97 Å². The van der Waals surface area contributed by atoms with Gasteiger partial charge in [-0.1, -0.05) is 48.5 Å². The SMILES string of the molecule is Cc1nc(-c2nccc3ccccc23)cc2ccccc12. The Bertz CT molecular complexity index is 952. The highest BCUT2D eigenvalue weighted by Gasteiger charge is 2.09. The van der Waals surface area contributed by atoms with Crippen molar-refractivity contribution < 1.29 is 0 Å². The van der Waals surface area contributed by atoms with Gasteiger partial charge in [0.05, 0.1) is 11.4 Å². The van der Waals surface area contributed by atoms with E-state index in [1.807, 2.05) is 30.5 Å². The molecule has 100 valence electrons. The lowest BCUT2D eigenvalue weighted by molar-refractivity contribution is 1.21. The number of rotatable bonds is 1. The smallest absolute Gasteiger partial charge is 0.0964 e. The molecule has 0 atom stereocenters. The van der Waals surface area contributed by atoms with Gasteiger partial charge < -0.3 is 0 Å². The maximum absolute atomic E-state index is 4.76. The van der Waals surface area contributed by atoms with Crippen LogP contribution in [-0.2, 0) is 0 Å². The summed E-state index contributed by atoms with van der Waals surface area (Å²) in [4.78, 5) is 9.32. The molecule has 2 aromatic heterocycles. The van der Waals surface area contributed by atoms with Gasteiger partial charge in [0.25, 0.3) is 0 Å². The fourth-order valence-electron chi connectivity index (χ4n) is 2.82. The Morgan fingerprint density at radius 1 is 0.762 bits per heavy atom. The molecule has 2 aromatic carbocycles. The zero-order valence-electron chi connectivity index (χ0n) is 11.7. The van der Waals surface area contributed by atoms with E-state index < -0.39 is 0 Å². The van der Waals surface area contributed by atoms with E-state index in [1.54, 1.807) is 0 Å². The van der Waals surface area contributed by atoms with Gasteiger partial charge in [-0.2, -0.15) is 0 Å². The van der Waals surface area contributed by atoms with Gasteiger partial charge in [-0.25, -0.2) is 0 Å². The predicted molar refractivity (Wildman–Crippen MR) is 87.2 cm³/mol. The molecule has 0 radical (unpaired) electrons. The maximum Gasteiger partial charge on any atom is 0.0964 e. The van der Waals surface area contributed by atoms with Crippen LogP contribution in [0.1, 0.15) is 5.69 Å². The molecular formula is C19H14N2. The summed E-state index contributed by atoms with van der Waals surface area (Å²) >= 11 is 0. The average molecular weight is 270 g/mol. The Hall–Kier alpha value is -2.74. The zero-order chi connectivity index (χ0) is 14.2. The van der Waals surface area contributed by atoms with Crippen LogP contribution in [0, 0.1) is 6.92 Å². The van der Waals surface area contributed by atoms with E-state index in [0.29, 0.717) is 0 Å². The van der Waals surface area contributed by atoms with Gasteiger partial charge in [0.15, 0.2) is 0 Å². The molecule has 0 amide bonds. The number of aryl methyl sites for hydroxylation is 1. The number of hydrogen-bond acceptors (Lipinski definition) is 2. The van der Waals surface area contributed by atoms with Gasteiger partial charge in [0.1, 0.15) is 0 Å². The highest BCUT2D eigenvalue weighted by molar-refractivity contribution is 5.96.